The molecule has 5 rings (SSSR count). The fourth-order valence-corrected chi connectivity index (χ4v) is 5.70. The molecule has 7 nitrogen and oxygen atoms in total. The van der Waals surface area contributed by atoms with Crippen molar-refractivity contribution < 1.29 is 32.2 Å². The van der Waals surface area contributed by atoms with Gasteiger partial charge in [-0.3, -0.25) is 9.59 Å². The highest BCUT2D eigenvalue weighted by Gasteiger charge is 2.45. The molecule has 0 aromatic heterocycles. The first-order valence-corrected chi connectivity index (χ1v) is 13.0. The number of nitrogens with zero attached hydrogens (tertiary/aromatic N) is 3. The number of anilines is 1. The number of fused-ring (bicyclic) bond motifs is 1. The van der Waals surface area contributed by atoms with Crippen LogP contribution >= 0.6 is 0 Å². The van der Waals surface area contributed by atoms with Crippen molar-refractivity contribution in [2.24, 2.45) is 5.92 Å². The molecule has 0 bridgehead atoms. The monoisotopic (exact) mass is 553 g/mol. The molecule has 2 atom stereocenters. The molecule has 2 aliphatic rings. The van der Waals surface area contributed by atoms with Crippen LogP contribution < -0.4 is 14.4 Å². The molecule has 2 fully saturated rings. The summed E-state index contributed by atoms with van der Waals surface area (Å²) >= 11 is 0. The normalized spacial score (nSPS) is 18.1. The summed E-state index contributed by atoms with van der Waals surface area (Å²) in [7, 11) is 4.30. The van der Waals surface area contributed by atoms with E-state index < -0.39 is 29.3 Å². The van der Waals surface area contributed by atoms with Crippen molar-refractivity contribution in [3.05, 3.63) is 88.7 Å². The van der Waals surface area contributed by atoms with E-state index >= 15 is 8.78 Å². The van der Waals surface area contributed by atoms with Crippen molar-refractivity contribution in [1.29, 1.82) is 0 Å². The second-order valence-corrected chi connectivity index (χ2v) is 10.1. The van der Waals surface area contributed by atoms with Crippen LogP contribution in [0.4, 0.5) is 18.9 Å². The number of halogens is 3. The SMILES string of the molecule is COc1cc(OC)c(F)c(C(=O)N2CC[C@H]3CN(C(=O)c4cc(F)c(N(C)Cc5ccccc5)c(F)c4)C[C@H]32)c1. The summed E-state index contributed by atoms with van der Waals surface area (Å²) in [5.41, 5.74) is 0.388. The number of likely N-dealkylation sites (tertiary alicyclic amines) is 2. The van der Waals surface area contributed by atoms with Gasteiger partial charge in [0.1, 0.15) is 23.1 Å². The van der Waals surface area contributed by atoms with Gasteiger partial charge in [0.15, 0.2) is 11.6 Å². The Morgan fingerprint density at radius 2 is 1.65 bits per heavy atom. The van der Waals surface area contributed by atoms with E-state index in [9.17, 15) is 14.0 Å². The Balaban J connectivity index is 1.32. The lowest BCUT2D eigenvalue weighted by atomic mass is 10.0. The summed E-state index contributed by atoms with van der Waals surface area (Å²) in [5.74, 6) is -3.36. The molecule has 40 heavy (non-hydrogen) atoms. The highest BCUT2D eigenvalue weighted by Crippen LogP contribution is 2.36. The first-order valence-electron chi connectivity index (χ1n) is 13.0. The maximum atomic E-state index is 15.1. The quantitative estimate of drug-likeness (QED) is 0.423. The van der Waals surface area contributed by atoms with Crippen molar-refractivity contribution in [2.75, 3.05) is 45.8 Å². The summed E-state index contributed by atoms with van der Waals surface area (Å²) in [6, 6.07) is 13.7. The Morgan fingerprint density at radius 1 is 0.950 bits per heavy atom. The van der Waals surface area contributed by atoms with Crippen LogP contribution in [0.2, 0.25) is 0 Å². The van der Waals surface area contributed by atoms with Crippen molar-refractivity contribution >= 4 is 17.5 Å². The number of methoxy groups -OCH3 is 2. The van der Waals surface area contributed by atoms with Crippen molar-refractivity contribution in [3.8, 4) is 11.5 Å². The number of carbonyl (C=O) groups is 2. The molecule has 2 aliphatic heterocycles. The van der Waals surface area contributed by atoms with Crippen LogP contribution in [-0.2, 0) is 6.54 Å². The van der Waals surface area contributed by atoms with Gasteiger partial charge in [-0.2, -0.15) is 0 Å². The fourth-order valence-electron chi connectivity index (χ4n) is 5.70. The summed E-state index contributed by atoms with van der Waals surface area (Å²) in [5, 5.41) is 0. The Morgan fingerprint density at radius 3 is 2.30 bits per heavy atom. The third-order valence-corrected chi connectivity index (χ3v) is 7.70. The zero-order valence-electron chi connectivity index (χ0n) is 22.5. The standard InChI is InChI=1S/C30H30F3N3O4/c1-34(15-18-7-5-4-6-8-18)28-23(31)11-20(12-24(28)32)29(37)35-16-19-9-10-36(25(19)17-35)30(38)22-13-21(39-2)14-26(40-3)27(22)33/h4-8,11-14,19,25H,9-10,15-17H2,1-3H3/t19-,25+/m0/s1. The van der Waals surface area contributed by atoms with E-state index in [1.807, 2.05) is 30.3 Å². The van der Waals surface area contributed by atoms with Gasteiger partial charge in [0.25, 0.3) is 11.8 Å². The molecule has 0 unspecified atom stereocenters. The lowest BCUT2D eigenvalue weighted by Gasteiger charge is -2.26. The predicted molar refractivity (Wildman–Crippen MR) is 143 cm³/mol. The smallest absolute Gasteiger partial charge is 0.257 e. The Kier molecular flexibility index (Phi) is 7.60. The second kappa shape index (κ2) is 11.1. The van der Waals surface area contributed by atoms with Crippen LogP contribution in [-0.4, -0.2) is 68.6 Å². The topological polar surface area (TPSA) is 62.3 Å². The zero-order chi connectivity index (χ0) is 28.6. The molecule has 0 spiro atoms. The number of carbonyl (C=O) groups excluding carboxylic acids is 2. The Bertz CT molecular complexity index is 1410. The predicted octanol–water partition coefficient (Wildman–Crippen LogP) is 4.74. The van der Waals surface area contributed by atoms with Gasteiger partial charge in [0.2, 0.25) is 0 Å². The molecule has 2 heterocycles. The third-order valence-electron chi connectivity index (χ3n) is 7.70. The van der Waals surface area contributed by atoms with Gasteiger partial charge in [0, 0.05) is 50.8 Å². The number of hydrogen-bond donors (Lipinski definition) is 0. The molecule has 210 valence electrons. The van der Waals surface area contributed by atoms with Gasteiger partial charge in [-0.15, -0.1) is 0 Å². The lowest BCUT2D eigenvalue weighted by Crippen LogP contribution is -2.41. The molecule has 3 aromatic rings. The van der Waals surface area contributed by atoms with E-state index in [-0.39, 0.29) is 46.8 Å². The second-order valence-electron chi connectivity index (χ2n) is 10.1. The first kappa shape index (κ1) is 27.4. The van der Waals surface area contributed by atoms with Crippen LogP contribution in [0, 0.1) is 23.4 Å². The van der Waals surface area contributed by atoms with E-state index in [0.29, 0.717) is 26.1 Å². The zero-order valence-corrected chi connectivity index (χ0v) is 22.5. The lowest BCUT2D eigenvalue weighted by molar-refractivity contribution is 0.0684. The van der Waals surface area contributed by atoms with Crippen LogP contribution in [0.25, 0.3) is 0 Å². The maximum Gasteiger partial charge on any atom is 0.257 e. The highest BCUT2D eigenvalue weighted by atomic mass is 19.1. The highest BCUT2D eigenvalue weighted by molar-refractivity contribution is 5.97. The molecule has 2 saturated heterocycles. The van der Waals surface area contributed by atoms with Crippen molar-refractivity contribution in [3.63, 3.8) is 0 Å². The van der Waals surface area contributed by atoms with Gasteiger partial charge in [-0.1, -0.05) is 30.3 Å². The summed E-state index contributed by atoms with van der Waals surface area (Å²) in [6.07, 6.45) is 0.620. The number of ether oxygens (including phenoxy) is 2. The maximum absolute atomic E-state index is 15.1. The average Bonchev–Trinajstić information content (AvgIpc) is 3.54. The average molecular weight is 554 g/mol. The van der Waals surface area contributed by atoms with Gasteiger partial charge in [-0.05, 0) is 30.2 Å². The molecule has 2 amide bonds. The van der Waals surface area contributed by atoms with Crippen LogP contribution in [0.3, 0.4) is 0 Å². The molecule has 0 N–H and O–H groups in total. The van der Waals surface area contributed by atoms with Gasteiger partial charge in [0.05, 0.1) is 25.8 Å². The number of amides is 2. The van der Waals surface area contributed by atoms with Crippen LogP contribution in [0.15, 0.2) is 54.6 Å². The van der Waals surface area contributed by atoms with Crippen LogP contribution in [0.5, 0.6) is 11.5 Å². The fraction of sp³-hybridized carbons (Fsp3) is 0.333. The van der Waals surface area contributed by atoms with E-state index in [1.165, 1.54) is 36.2 Å². The largest absolute Gasteiger partial charge is 0.497 e. The van der Waals surface area contributed by atoms with Crippen LogP contribution in [0.1, 0.15) is 32.7 Å². The Hall–Kier alpha value is -4.21. The summed E-state index contributed by atoms with van der Waals surface area (Å²) in [4.78, 5) is 31.2. The molecular weight excluding hydrogens is 523 g/mol. The minimum absolute atomic E-state index is 0.0329. The number of benzene rings is 3. The van der Waals surface area contributed by atoms with Crippen molar-refractivity contribution in [1.82, 2.24) is 9.80 Å². The van der Waals surface area contributed by atoms with E-state index in [2.05, 4.69) is 0 Å². The molecule has 0 saturated carbocycles. The summed E-state index contributed by atoms with van der Waals surface area (Å²) < 4.78 is 55.4. The molecule has 10 heteroatoms. The van der Waals surface area contributed by atoms with Gasteiger partial charge < -0.3 is 24.2 Å². The molecular formula is C30H30F3N3O4. The van der Waals surface area contributed by atoms with Crippen molar-refractivity contribution in [2.45, 2.75) is 19.0 Å². The van der Waals surface area contributed by atoms with Gasteiger partial charge in [-0.25, -0.2) is 13.2 Å². The number of hydrogen-bond acceptors (Lipinski definition) is 5. The molecule has 0 radical (unpaired) electrons. The first-order chi connectivity index (χ1) is 19.2. The third kappa shape index (κ3) is 5.05. The van der Waals surface area contributed by atoms with Gasteiger partial charge >= 0.3 is 0 Å². The Labute approximate surface area is 230 Å². The van der Waals surface area contributed by atoms with E-state index in [4.69, 9.17) is 9.47 Å². The number of rotatable bonds is 7. The minimum Gasteiger partial charge on any atom is -0.497 e. The minimum atomic E-state index is -0.833. The van der Waals surface area contributed by atoms with E-state index in [1.54, 1.807) is 11.9 Å². The summed E-state index contributed by atoms with van der Waals surface area (Å²) in [6.45, 7) is 1.20. The molecule has 3 aromatic carbocycles. The van der Waals surface area contributed by atoms with E-state index in [0.717, 1.165) is 17.7 Å². The molecule has 0 aliphatic carbocycles.